The van der Waals surface area contributed by atoms with Crippen LogP contribution in [0.4, 0.5) is 0 Å². The zero-order valence-corrected chi connectivity index (χ0v) is 33.0. The predicted octanol–water partition coefficient (Wildman–Crippen LogP) is 10.00. The molecule has 0 fully saturated rings. The summed E-state index contributed by atoms with van der Waals surface area (Å²) >= 11 is 0. The summed E-state index contributed by atoms with van der Waals surface area (Å²) in [6, 6.07) is 0. The number of ether oxygens (including phenoxy) is 2. The van der Waals surface area contributed by atoms with Gasteiger partial charge in [0.05, 0.1) is 19.8 Å². The molecule has 0 rings (SSSR count). The van der Waals surface area contributed by atoms with Gasteiger partial charge in [0.15, 0.2) is 6.10 Å². The van der Waals surface area contributed by atoms with Crippen molar-refractivity contribution in [2.24, 2.45) is 0 Å². The molecular formula is C40H73O10P. The lowest BCUT2D eigenvalue weighted by Gasteiger charge is -2.20. The molecule has 0 spiro atoms. The molecule has 0 aromatic carbocycles. The summed E-state index contributed by atoms with van der Waals surface area (Å²) in [5.74, 6) is -0.943. The first-order chi connectivity index (χ1) is 24.7. The number of esters is 2. The van der Waals surface area contributed by atoms with Crippen LogP contribution in [-0.4, -0.2) is 65.7 Å². The lowest BCUT2D eigenvalue weighted by Crippen LogP contribution is -2.29. The smallest absolute Gasteiger partial charge is 0.462 e. The predicted molar refractivity (Wildman–Crippen MR) is 205 cm³/mol. The number of aliphatic hydroxyl groups excluding tert-OH is 2. The Hall–Kier alpha value is -1.81. The molecule has 3 N–H and O–H groups in total. The Morgan fingerprint density at radius 2 is 1.08 bits per heavy atom. The number of carbonyl (C=O) groups excluding carboxylic acids is 2. The van der Waals surface area contributed by atoms with Crippen molar-refractivity contribution in [3.05, 3.63) is 36.5 Å². The second-order valence-electron chi connectivity index (χ2n) is 13.3. The van der Waals surface area contributed by atoms with Crippen molar-refractivity contribution in [2.45, 2.75) is 180 Å². The van der Waals surface area contributed by atoms with Gasteiger partial charge < -0.3 is 24.6 Å². The summed E-state index contributed by atoms with van der Waals surface area (Å²) in [7, 11) is -4.61. The molecule has 51 heavy (non-hydrogen) atoms. The highest BCUT2D eigenvalue weighted by Crippen LogP contribution is 2.43. The van der Waals surface area contributed by atoms with Crippen LogP contribution in [0.3, 0.4) is 0 Å². The molecule has 11 heteroatoms. The van der Waals surface area contributed by atoms with E-state index in [1.165, 1.54) is 57.8 Å². The maximum absolute atomic E-state index is 12.6. The van der Waals surface area contributed by atoms with Crippen LogP contribution >= 0.6 is 7.82 Å². The maximum atomic E-state index is 12.6. The molecule has 0 bridgehead atoms. The van der Waals surface area contributed by atoms with Gasteiger partial charge in [0.1, 0.15) is 12.7 Å². The van der Waals surface area contributed by atoms with Crippen LogP contribution in [0.25, 0.3) is 0 Å². The van der Waals surface area contributed by atoms with Gasteiger partial charge in [0.25, 0.3) is 0 Å². The molecule has 0 aromatic heterocycles. The molecule has 0 aliphatic rings. The van der Waals surface area contributed by atoms with Crippen LogP contribution in [-0.2, 0) is 32.7 Å². The van der Waals surface area contributed by atoms with E-state index in [4.69, 9.17) is 19.1 Å². The number of carbonyl (C=O) groups is 2. The third-order valence-corrected chi connectivity index (χ3v) is 9.26. The molecule has 0 amide bonds. The van der Waals surface area contributed by atoms with E-state index in [1.54, 1.807) is 0 Å². The zero-order chi connectivity index (χ0) is 37.7. The van der Waals surface area contributed by atoms with Crippen LogP contribution in [0.5, 0.6) is 0 Å². The molecular weight excluding hydrogens is 671 g/mol. The van der Waals surface area contributed by atoms with E-state index in [9.17, 15) is 24.2 Å². The fraction of sp³-hybridized carbons (Fsp3) is 0.800. The number of hydrogen-bond donors (Lipinski definition) is 3. The molecule has 298 valence electrons. The first-order valence-electron chi connectivity index (χ1n) is 19.9. The molecule has 0 saturated heterocycles. The third kappa shape index (κ3) is 36.3. The highest BCUT2D eigenvalue weighted by molar-refractivity contribution is 7.47. The second kappa shape index (κ2) is 36.5. The SMILES string of the molecule is CCC=CCC=CCC=CCCCCCCCC(=O)OCC(COP(=O)(O)OCC(O)CO)OC(=O)CCCCCCCCCCCCCCC. The Bertz CT molecular complexity index is 952. The summed E-state index contributed by atoms with van der Waals surface area (Å²) < 4.78 is 32.6. The van der Waals surface area contributed by atoms with Crippen LogP contribution in [0.15, 0.2) is 36.5 Å². The normalized spacial score (nSPS) is 14.4. The van der Waals surface area contributed by atoms with Gasteiger partial charge >= 0.3 is 19.8 Å². The molecule has 0 radical (unpaired) electrons. The van der Waals surface area contributed by atoms with Crippen molar-refractivity contribution < 1.29 is 47.8 Å². The van der Waals surface area contributed by atoms with Gasteiger partial charge in [-0.25, -0.2) is 4.57 Å². The summed E-state index contributed by atoms with van der Waals surface area (Å²) in [6.07, 6.45) is 35.4. The zero-order valence-electron chi connectivity index (χ0n) is 32.1. The minimum Gasteiger partial charge on any atom is -0.462 e. The molecule has 0 aromatic rings. The maximum Gasteiger partial charge on any atom is 0.472 e. The quantitative estimate of drug-likeness (QED) is 0.0243. The number of allylic oxidation sites excluding steroid dienone is 6. The number of rotatable bonds is 37. The van der Waals surface area contributed by atoms with E-state index in [-0.39, 0.29) is 19.4 Å². The minimum absolute atomic E-state index is 0.183. The highest BCUT2D eigenvalue weighted by Gasteiger charge is 2.27. The van der Waals surface area contributed by atoms with Crippen molar-refractivity contribution in [2.75, 3.05) is 26.4 Å². The minimum atomic E-state index is -4.61. The van der Waals surface area contributed by atoms with E-state index in [0.29, 0.717) is 12.8 Å². The number of phosphoric acid groups is 1. The molecule has 3 atom stereocenters. The Morgan fingerprint density at radius 3 is 1.63 bits per heavy atom. The van der Waals surface area contributed by atoms with Crippen LogP contribution < -0.4 is 0 Å². The number of phosphoric ester groups is 1. The molecule has 0 heterocycles. The number of aliphatic hydroxyl groups is 2. The largest absolute Gasteiger partial charge is 0.472 e. The van der Waals surface area contributed by atoms with Gasteiger partial charge in [0, 0.05) is 12.8 Å². The average molecular weight is 745 g/mol. The van der Waals surface area contributed by atoms with Crippen LogP contribution in [0.2, 0.25) is 0 Å². The fourth-order valence-corrected chi connectivity index (χ4v) is 6.03. The van der Waals surface area contributed by atoms with Gasteiger partial charge in [-0.1, -0.05) is 147 Å². The van der Waals surface area contributed by atoms with Gasteiger partial charge in [-0.3, -0.25) is 18.6 Å². The Kier molecular flexibility index (Phi) is 35.2. The summed E-state index contributed by atoms with van der Waals surface area (Å²) in [5, 5.41) is 18.3. The Morgan fingerprint density at radius 1 is 0.608 bits per heavy atom. The number of hydrogen-bond acceptors (Lipinski definition) is 9. The Balaban J connectivity index is 4.36. The Labute approximate surface area is 310 Å². The molecule has 10 nitrogen and oxygen atoms in total. The van der Waals surface area contributed by atoms with Crippen LogP contribution in [0, 0.1) is 0 Å². The number of unbranched alkanes of at least 4 members (excludes halogenated alkanes) is 17. The first-order valence-corrected chi connectivity index (χ1v) is 21.4. The van der Waals surface area contributed by atoms with Gasteiger partial charge in [-0.15, -0.1) is 0 Å². The highest BCUT2D eigenvalue weighted by atomic mass is 31.2. The van der Waals surface area contributed by atoms with E-state index in [0.717, 1.165) is 70.6 Å². The van der Waals surface area contributed by atoms with E-state index >= 15 is 0 Å². The van der Waals surface area contributed by atoms with Gasteiger partial charge in [-0.2, -0.15) is 0 Å². The van der Waals surface area contributed by atoms with E-state index in [2.05, 4.69) is 54.8 Å². The van der Waals surface area contributed by atoms with Crippen molar-refractivity contribution in [1.82, 2.24) is 0 Å². The van der Waals surface area contributed by atoms with Gasteiger partial charge in [0.2, 0.25) is 0 Å². The third-order valence-electron chi connectivity index (χ3n) is 8.31. The topological polar surface area (TPSA) is 149 Å². The molecule has 0 aliphatic heterocycles. The summed E-state index contributed by atoms with van der Waals surface area (Å²) in [5.41, 5.74) is 0. The van der Waals surface area contributed by atoms with Crippen molar-refractivity contribution in [3.8, 4) is 0 Å². The summed E-state index contributed by atoms with van der Waals surface area (Å²) in [4.78, 5) is 34.9. The van der Waals surface area contributed by atoms with Gasteiger partial charge in [-0.05, 0) is 44.9 Å². The average Bonchev–Trinajstić information content (AvgIpc) is 3.12. The molecule has 0 saturated carbocycles. The monoisotopic (exact) mass is 744 g/mol. The van der Waals surface area contributed by atoms with E-state index in [1.807, 2.05) is 0 Å². The first kappa shape index (κ1) is 49.2. The fourth-order valence-electron chi connectivity index (χ4n) is 5.24. The van der Waals surface area contributed by atoms with Crippen molar-refractivity contribution in [3.63, 3.8) is 0 Å². The second-order valence-corrected chi connectivity index (χ2v) is 14.7. The lowest BCUT2D eigenvalue weighted by molar-refractivity contribution is -0.161. The van der Waals surface area contributed by atoms with Crippen LogP contribution in [0.1, 0.15) is 168 Å². The molecule has 0 aliphatic carbocycles. The van der Waals surface area contributed by atoms with Crippen molar-refractivity contribution in [1.29, 1.82) is 0 Å². The van der Waals surface area contributed by atoms with E-state index < -0.39 is 51.8 Å². The van der Waals surface area contributed by atoms with Crippen molar-refractivity contribution >= 4 is 19.8 Å². The molecule has 3 unspecified atom stereocenters. The summed E-state index contributed by atoms with van der Waals surface area (Å²) in [6.45, 7) is 2.24. The standard InChI is InChI=1S/C40H73O10P/c1-3-5-7-9-11-13-15-17-18-20-21-23-25-27-29-31-39(43)47-35-38(36-49-51(45,46)48-34-37(42)33-41)50-40(44)32-30-28-26-24-22-19-16-14-12-10-8-6-4-2/h5,7,11,13,17-18,37-38,41-42H,3-4,6,8-10,12,14-16,19-36H2,1-2H3,(H,45,46). The lowest BCUT2D eigenvalue weighted by atomic mass is 10.0.